The van der Waals surface area contributed by atoms with Crippen molar-refractivity contribution in [2.75, 3.05) is 0 Å². The van der Waals surface area contributed by atoms with E-state index < -0.39 is 6.10 Å². The van der Waals surface area contributed by atoms with Crippen LogP contribution in [0.1, 0.15) is 18.9 Å². The summed E-state index contributed by atoms with van der Waals surface area (Å²) >= 11 is 0. The highest BCUT2D eigenvalue weighted by Gasteiger charge is 2.13. The monoisotopic (exact) mass is 153 g/mol. The van der Waals surface area contributed by atoms with Gasteiger partial charge in [-0.3, -0.25) is 0 Å². The van der Waals surface area contributed by atoms with Crippen LogP contribution in [0.4, 0.5) is 0 Å². The van der Waals surface area contributed by atoms with Gasteiger partial charge in [0.25, 0.3) is 0 Å². The zero-order chi connectivity index (χ0) is 8.27. The number of aliphatic hydroxyl groups excluding tert-OH is 1. The van der Waals surface area contributed by atoms with Crippen molar-refractivity contribution in [1.82, 2.24) is 9.97 Å². The van der Waals surface area contributed by atoms with Crippen molar-refractivity contribution in [2.45, 2.75) is 19.1 Å². The van der Waals surface area contributed by atoms with Gasteiger partial charge < -0.3 is 10.8 Å². The van der Waals surface area contributed by atoms with Gasteiger partial charge in [-0.15, -0.1) is 0 Å². The summed E-state index contributed by atoms with van der Waals surface area (Å²) in [6.45, 7) is 1.71. The van der Waals surface area contributed by atoms with Gasteiger partial charge in [0.05, 0.1) is 0 Å². The molecule has 0 aliphatic carbocycles. The van der Waals surface area contributed by atoms with Gasteiger partial charge in [0.1, 0.15) is 6.10 Å². The fraction of sp³-hybridized carbons (Fsp3) is 0.429. The van der Waals surface area contributed by atoms with E-state index in [-0.39, 0.29) is 6.04 Å². The first-order chi connectivity index (χ1) is 5.22. The van der Waals surface area contributed by atoms with Crippen molar-refractivity contribution >= 4 is 0 Å². The van der Waals surface area contributed by atoms with Gasteiger partial charge in [-0.1, -0.05) is 0 Å². The topological polar surface area (TPSA) is 72.0 Å². The maximum Gasteiger partial charge on any atom is 0.158 e. The summed E-state index contributed by atoms with van der Waals surface area (Å²) in [4.78, 5) is 7.72. The summed E-state index contributed by atoms with van der Waals surface area (Å²) in [7, 11) is 0. The van der Waals surface area contributed by atoms with E-state index in [1.807, 2.05) is 0 Å². The molecule has 4 heteroatoms. The predicted octanol–water partition coefficient (Wildman–Crippen LogP) is -0.143. The molecule has 0 fully saturated rings. The highest BCUT2D eigenvalue weighted by atomic mass is 16.3. The predicted molar refractivity (Wildman–Crippen MR) is 40.6 cm³/mol. The Kier molecular flexibility index (Phi) is 2.51. The van der Waals surface area contributed by atoms with Crippen LogP contribution in [-0.2, 0) is 0 Å². The molecule has 1 aromatic rings. The van der Waals surface area contributed by atoms with E-state index in [1.165, 1.54) is 0 Å². The lowest BCUT2D eigenvalue weighted by molar-refractivity contribution is 0.143. The van der Waals surface area contributed by atoms with Gasteiger partial charge >= 0.3 is 0 Å². The quantitative estimate of drug-likeness (QED) is 0.620. The van der Waals surface area contributed by atoms with Gasteiger partial charge in [0, 0.05) is 18.4 Å². The Hall–Kier alpha value is -1.00. The van der Waals surface area contributed by atoms with Crippen LogP contribution in [0.5, 0.6) is 0 Å². The Bertz CT molecular complexity index is 212. The van der Waals surface area contributed by atoms with Crippen LogP contribution in [0, 0.1) is 0 Å². The Labute approximate surface area is 65.1 Å². The first kappa shape index (κ1) is 8.10. The second-order valence-corrected chi connectivity index (χ2v) is 2.41. The summed E-state index contributed by atoms with van der Waals surface area (Å²) in [5, 5.41) is 9.35. The summed E-state index contributed by atoms with van der Waals surface area (Å²) < 4.78 is 0. The molecule has 11 heavy (non-hydrogen) atoms. The van der Waals surface area contributed by atoms with Gasteiger partial charge in [0.15, 0.2) is 5.82 Å². The van der Waals surface area contributed by atoms with Gasteiger partial charge in [-0.2, -0.15) is 0 Å². The molecule has 0 amide bonds. The first-order valence-electron chi connectivity index (χ1n) is 3.42. The van der Waals surface area contributed by atoms with Crippen molar-refractivity contribution in [1.29, 1.82) is 0 Å². The summed E-state index contributed by atoms with van der Waals surface area (Å²) in [6.07, 6.45) is 2.39. The molecule has 0 bridgehead atoms. The first-order valence-corrected chi connectivity index (χ1v) is 3.42. The van der Waals surface area contributed by atoms with E-state index in [1.54, 1.807) is 25.4 Å². The van der Waals surface area contributed by atoms with Crippen LogP contribution in [0.25, 0.3) is 0 Å². The third-order valence-corrected chi connectivity index (χ3v) is 1.35. The molecule has 3 N–H and O–H groups in total. The highest BCUT2D eigenvalue weighted by molar-refractivity contribution is 4.94. The zero-order valence-corrected chi connectivity index (χ0v) is 6.31. The fourth-order valence-corrected chi connectivity index (χ4v) is 0.698. The summed E-state index contributed by atoms with van der Waals surface area (Å²) in [5.74, 6) is 0.377. The van der Waals surface area contributed by atoms with Crippen molar-refractivity contribution < 1.29 is 5.11 Å². The zero-order valence-electron chi connectivity index (χ0n) is 6.31. The van der Waals surface area contributed by atoms with Crippen molar-refractivity contribution in [2.24, 2.45) is 5.73 Å². The second kappa shape index (κ2) is 3.41. The largest absolute Gasteiger partial charge is 0.383 e. The van der Waals surface area contributed by atoms with E-state index in [9.17, 15) is 5.11 Å². The molecule has 60 valence electrons. The molecule has 0 spiro atoms. The molecule has 0 radical (unpaired) electrons. The molecule has 0 aromatic carbocycles. The minimum atomic E-state index is -0.767. The van der Waals surface area contributed by atoms with Gasteiger partial charge in [-0.25, -0.2) is 9.97 Å². The number of hydrogen-bond donors (Lipinski definition) is 2. The standard InChI is InChI=1S/C7H11N3O/c1-5(8)6(11)7-9-3-2-4-10-7/h2-6,11H,8H2,1H3. The third-order valence-electron chi connectivity index (χ3n) is 1.35. The second-order valence-electron chi connectivity index (χ2n) is 2.41. The average molecular weight is 153 g/mol. The van der Waals surface area contributed by atoms with E-state index in [2.05, 4.69) is 9.97 Å². The van der Waals surface area contributed by atoms with E-state index >= 15 is 0 Å². The molecular formula is C7H11N3O. The fourth-order valence-electron chi connectivity index (χ4n) is 0.698. The Morgan fingerprint density at radius 3 is 2.45 bits per heavy atom. The molecule has 1 rings (SSSR count). The van der Waals surface area contributed by atoms with Crippen LogP contribution < -0.4 is 5.73 Å². The molecule has 4 nitrogen and oxygen atoms in total. The molecule has 0 aliphatic heterocycles. The third kappa shape index (κ3) is 1.96. The SMILES string of the molecule is CC(N)C(O)c1ncccn1. The molecule has 1 heterocycles. The number of nitrogens with two attached hydrogens (primary N) is 1. The number of aromatic nitrogens is 2. The molecule has 0 aliphatic rings. The smallest absolute Gasteiger partial charge is 0.158 e. The molecule has 0 saturated carbocycles. The molecule has 1 aromatic heterocycles. The Morgan fingerprint density at radius 2 is 2.00 bits per heavy atom. The van der Waals surface area contributed by atoms with E-state index in [0.29, 0.717) is 5.82 Å². The van der Waals surface area contributed by atoms with Crippen LogP contribution in [0.15, 0.2) is 18.5 Å². The van der Waals surface area contributed by atoms with Gasteiger partial charge in [0.2, 0.25) is 0 Å². The molecular weight excluding hydrogens is 142 g/mol. The lowest BCUT2D eigenvalue weighted by Crippen LogP contribution is -2.25. The maximum atomic E-state index is 9.35. The van der Waals surface area contributed by atoms with Crippen LogP contribution in [0.3, 0.4) is 0 Å². The van der Waals surface area contributed by atoms with Crippen molar-refractivity contribution in [3.05, 3.63) is 24.3 Å². The summed E-state index contributed by atoms with van der Waals surface area (Å²) in [5.41, 5.74) is 5.44. The minimum Gasteiger partial charge on any atom is -0.383 e. The molecule has 2 unspecified atom stereocenters. The van der Waals surface area contributed by atoms with E-state index in [4.69, 9.17) is 5.73 Å². The maximum absolute atomic E-state index is 9.35. The van der Waals surface area contributed by atoms with E-state index in [0.717, 1.165) is 0 Å². The average Bonchev–Trinajstić information content (AvgIpc) is 2.05. The Morgan fingerprint density at radius 1 is 1.45 bits per heavy atom. The summed E-state index contributed by atoms with van der Waals surface area (Å²) in [6, 6.07) is 1.36. The molecule has 2 atom stereocenters. The normalized spacial score (nSPS) is 15.9. The lowest BCUT2D eigenvalue weighted by atomic mass is 10.2. The number of rotatable bonds is 2. The number of aliphatic hydroxyl groups is 1. The Balaban J connectivity index is 2.77. The minimum absolute atomic E-state index is 0.336. The van der Waals surface area contributed by atoms with Crippen LogP contribution in [0.2, 0.25) is 0 Å². The van der Waals surface area contributed by atoms with Crippen molar-refractivity contribution in [3.63, 3.8) is 0 Å². The number of hydrogen-bond acceptors (Lipinski definition) is 4. The van der Waals surface area contributed by atoms with Crippen LogP contribution in [-0.4, -0.2) is 21.1 Å². The van der Waals surface area contributed by atoms with Crippen LogP contribution >= 0.6 is 0 Å². The highest BCUT2D eigenvalue weighted by Crippen LogP contribution is 2.07. The molecule has 0 saturated heterocycles. The van der Waals surface area contributed by atoms with Crippen molar-refractivity contribution in [3.8, 4) is 0 Å². The van der Waals surface area contributed by atoms with Gasteiger partial charge in [-0.05, 0) is 13.0 Å². The lowest BCUT2D eigenvalue weighted by Gasteiger charge is -2.11. The number of nitrogens with zero attached hydrogens (tertiary/aromatic N) is 2.